The Hall–Kier alpha value is -2.10. The minimum Gasteiger partial charge on any atom is -0.481 e. The van der Waals surface area contributed by atoms with Crippen molar-refractivity contribution in [3.63, 3.8) is 0 Å². The van der Waals surface area contributed by atoms with Crippen LogP contribution >= 0.6 is 23.2 Å². The first-order chi connectivity index (χ1) is 11.1. The van der Waals surface area contributed by atoms with Gasteiger partial charge in [0.1, 0.15) is 11.5 Å². The molecule has 2 aromatic rings. The second-order valence-electron chi connectivity index (χ2n) is 5.24. The van der Waals surface area contributed by atoms with Gasteiger partial charge in [0.2, 0.25) is 0 Å². The number of aliphatic carboxylic acids is 1. The van der Waals surface area contributed by atoms with Crippen molar-refractivity contribution in [3.05, 3.63) is 81.9 Å². The Morgan fingerprint density at radius 1 is 1.04 bits per heavy atom. The zero-order valence-electron chi connectivity index (χ0n) is 12.0. The summed E-state index contributed by atoms with van der Waals surface area (Å²) in [6, 6.07) is 14.1. The lowest BCUT2D eigenvalue weighted by atomic mass is 9.75. The second kappa shape index (κ2) is 6.19. The Morgan fingerprint density at radius 3 is 2.22 bits per heavy atom. The van der Waals surface area contributed by atoms with E-state index >= 15 is 0 Å². The summed E-state index contributed by atoms with van der Waals surface area (Å²) in [6.45, 7) is 0. The van der Waals surface area contributed by atoms with E-state index in [1.807, 2.05) is 6.07 Å². The fraction of sp³-hybridized carbons (Fsp3) is 0.111. The highest BCUT2D eigenvalue weighted by Gasteiger charge is 2.47. The number of aliphatic imine (C=N–C) groups is 1. The van der Waals surface area contributed by atoms with E-state index in [9.17, 15) is 9.90 Å². The van der Waals surface area contributed by atoms with E-state index in [1.54, 1.807) is 60.8 Å². The molecule has 1 heterocycles. The summed E-state index contributed by atoms with van der Waals surface area (Å²) in [7, 11) is 0. The van der Waals surface area contributed by atoms with Crippen LogP contribution in [0.2, 0.25) is 10.0 Å². The Morgan fingerprint density at radius 2 is 1.70 bits per heavy atom. The third-order valence-corrected chi connectivity index (χ3v) is 4.54. The van der Waals surface area contributed by atoms with Crippen LogP contribution in [0.4, 0.5) is 0 Å². The Bertz CT molecular complexity index is 768. The Labute approximate surface area is 143 Å². The smallest absolute Gasteiger partial charge is 0.314 e. The van der Waals surface area contributed by atoms with Gasteiger partial charge in [-0.3, -0.25) is 9.79 Å². The summed E-state index contributed by atoms with van der Waals surface area (Å²) in [5, 5.41) is 10.7. The number of carboxylic acid groups (broad SMARTS) is 1. The van der Waals surface area contributed by atoms with Crippen LogP contribution in [0.25, 0.3) is 0 Å². The molecule has 116 valence electrons. The number of hydrogen-bond acceptors (Lipinski definition) is 2. The van der Waals surface area contributed by atoms with Crippen molar-refractivity contribution >= 4 is 35.4 Å². The van der Waals surface area contributed by atoms with Gasteiger partial charge < -0.3 is 5.11 Å². The van der Waals surface area contributed by atoms with Crippen LogP contribution in [-0.4, -0.2) is 17.3 Å². The molecule has 3 nitrogen and oxygen atoms in total. The van der Waals surface area contributed by atoms with Crippen molar-refractivity contribution in [2.24, 2.45) is 4.99 Å². The van der Waals surface area contributed by atoms with Gasteiger partial charge in [0.25, 0.3) is 0 Å². The number of hydrogen-bond donors (Lipinski definition) is 1. The van der Waals surface area contributed by atoms with Gasteiger partial charge in [-0.05, 0) is 29.8 Å². The number of nitrogens with zero attached hydrogens (tertiary/aromatic N) is 1. The molecule has 2 unspecified atom stereocenters. The third kappa shape index (κ3) is 2.67. The molecule has 2 atom stereocenters. The lowest BCUT2D eigenvalue weighted by Crippen LogP contribution is -2.34. The first-order valence-corrected chi connectivity index (χ1v) is 7.77. The standard InChI is InChI=1S/C18H13Cl2NO2/c19-13-8-4-9-14(20)16(13)18(10-5-11-21-18)15(17(22)23)12-6-2-1-3-7-12/h1-11,15H,(H,22,23). The summed E-state index contributed by atoms with van der Waals surface area (Å²) < 4.78 is 0. The van der Waals surface area contributed by atoms with Gasteiger partial charge in [0.05, 0.1) is 0 Å². The summed E-state index contributed by atoms with van der Waals surface area (Å²) in [4.78, 5) is 16.6. The number of allylic oxidation sites excluding steroid dienone is 1. The lowest BCUT2D eigenvalue weighted by molar-refractivity contribution is -0.140. The van der Waals surface area contributed by atoms with Crippen molar-refractivity contribution in [1.29, 1.82) is 0 Å². The van der Waals surface area contributed by atoms with Crippen molar-refractivity contribution in [1.82, 2.24) is 0 Å². The van der Waals surface area contributed by atoms with E-state index in [0.717, 1.165) is 0 Å². The minimum atomic E-state index is -1.16. The second-order valence-corrected chi connectivity index (χ2v) is 6.06. The molecule has 3 rings (SSSR count). The molecule has 0 amide bonds. The average Bonchev–Trinajstić information content (AvgIpc) is 2.98. The van der Waals surface area contributed by atoms with Crippen LogP contribution in [0, 0.1) is 0 Å². The van der Waals surface area contributed by atoms with Gasteiger partial charge in [-0.25, -0.2) is 0 Å². The molecule has 23 heavy (non-hydrogen) atoms. The van der Waals surface area contributed by atoms with Gasteiger partial charge in [0, 0.05) is 21.8 Å². The maximum atomic E-state index is 12.1. The van der Waals surface area contributed by atoms with Crippen molar-refractivity contribution in [3.8, 4) is 0 Å². The van der Waals surface area contributed by atoms with Crippen molar-refractivity contribution in [2.45, 2.75) is 11.5 Å². The monoisotopic (exact) mass is 345 g/mol. The number of carbonyl (C=O) groups is 1. The molecule has 5 heteroatoms. The molecule has 1 N–H and O–H groups in total. The summed E-state index contributed by atoms with van der Waals surface area (Å²) in [5.74, 6) is -1.92. The van der Waals surface area contributed by atoms with Gasteiger partial charge in [-0.2, -0.15) is 0 Å². The van der Waals surface area contributed by atoms with Gasteiger partial charge >= 0.3 is 5.97 Å². The largest absolute Gasteiger partial charge is 0.481 e. The molecule has 0 saturated carbocycles. The lowest BCUT2D eigenvalue weighted by Gasteiger charge is -2.33. The van der Waals surface area contributed by atoms with Crippen LogP contribution < -0.4 is 0 Å². The molecule has 0 fully saturated rings. The number of benzene rings is 2. The molecule has 0 saturated heterocycles. The average molecular weight is 346 g/mol. The van der Waals surface area contributed by atoms with Crippen LogP contribution in [0.15, 0.2) is 65.7 Å². The van der Waals surface area contributed by atoms with E-state index in [2.05, 4.69) is 4.99 Å². The van der Waals surface area contributed by atoms with E-state index in [4.69, 9.17) is 23.2 Å². The normalized spacial score (nSPS) is 20.6. The molecule has 0 bridgehead atoms. The van der Waals surface area contributed by atoms with E-state index in [0.29, 0.717) is 21.2 Å². The molecule has 1 aliphatic rings. The molecular formula is C18H13Cl2NO2. The first-order valence-electron chi connectivity index (χ1n) is 7.01. The highest BCUT2D eigenvalue weighted by Crippen LogP contribution is 2.48. The minimum absolute atomic E-state index is 0.392. The highest BCUT2D eigenvalue weighted by molar-refractivity contribution is 6.36. The van der Waals surface area contributed by atoms with Crippen LogP contribution in [0.3, 0.4) is 0 Å². The third-order valence-electron chi connectivity index (χ3n) is 3.91. The van der Waals surface area contributed by atoms with Crippen LogP contribution in [-0.2, 0) is 10.3 Å². The van der Waals surface area contributed by atoms with Gasteiger partial charge in [-0.1, -0.05) is 59.6 Å². The Kier molecular flexibility index (Phi) is 4.24. The molecule has 0 aromatic heterocycles. The van der Waals surface area contributed by atoms with E-state index in [1.165, 1.54) is 0 Å². The predicted octanol–water partition coefficient (Wildman–Crippen LogP) is 4.70. The SMILES string of the molecule is O=C(O)C(c1ccccc1)C1(c2c(Cl)cccc2Cl)C=CC=N1. The number of rotatable bonds is 4. The first kappa shape index (κ1) is 15.8. The van der Waals surface area contributed by atoms with Crippen LogP contribution in [0.1, 0.15) is 17.0 Å². The van der Waals surface area contributed by atoms with E-state index < -0.39 is 17.4 Å². The molecule has 0 radical (unpaired) electrons. The van der Waals surface area contributed by atoms with E-state index in [-0.39, 0.29) is 0 Å². The number of carboxylic acids is 1. The van der Waals surface area contributed by atoms with Crippen molar-refractivity contribution in [2.75, 3.05) is 0 Å². The fourth-order valence-corrected chi connectivity index (χ4v) is 3.67. The summed E-state index contributed by atoms with van der Waals surface area (Å²) >= 11 is 12.7. The zero-order chi connectivity index (χ0) is 16.4. The van der Waals surface area contributed by atoms with Crippen LogP contribution in [0.5, 0.6) is 0 Å². The quantitative estimate of drug-likeness (QED) is 0.873. The molecule has 0 aliphatic carbocycles. The predicted molar refractivity (Wildman–Crippen MR) is 92.6 cm³/mol. The zero-order valence-corrected chi connectivity index (χ0v) is 13.5. The molecule has 0 spiro atoms. The maximum absolute atomic E-state index is 12.1. The van der Waals surface area contributed by atoms with Gasteiger partial charge in [0.15, 0.2) is 0 Å². The topological polar surface area (TPSA) is 49.7 Å². The van der Waals surface area contributed by atoms with Gasteiger partial charge in [-0.15, -0.1) is 0 Å². The Balaban J connectivity index is 2.28. The fourth-order valence-electron chi connectivity index (χ4n) is 2.97. The molecular weight excluding hydrogens is 333 g/mol. The molecule has 2 aromatic carbocycles. The molecule has 1 aliphatic heterocycles. The summed E-state index contributed by atoms with van der Waals surface area (Å²) in [6.07, 6.45) is 5.04. The highest BCUT2D eigenvalue weighted by atomic mass is 35.5. The maximum Gasteiger partial charge on any atom is 0.314 e. The summed E-state index contributed by atoms with van der Waals surface area (Å²) in [5.41, 5.74) is -0.0212. The number of halogens is 2. The van der Waals surface area contributed by atoms with Crippen molar-refractivity contribution < 1.29 is 9.90 Å².